The molecule has 9 heteroatoms. The number of likely N-dealkylation sites (N-methyl/N-ethyl adjacent to an activating group) is 1. The van der Waals surface area contributed by atoms with Gasteiger partial charge in [0.2, 0.25) is 5.91 Å². The number of nitrogens with one attached hydrogen (secondary N) is 1. The third kappa shape index (κ3) is 4.55. The van der Waals surface area contributed by atoms with E-state index in [0.29, 0.717) is 24.7 Å². The van der Waals surface area contributed by atoms with Crippen LogP contribution >= 0.6 is 0 Å². The summed E-state index contributed by atoms with van der Waals surface area (Å²) in [6.07, 6.45) is 2.29. The van der Waals surface area contributed by atoms with Gasteiger partial charge in [0.1, 0.15) is 6.54 Å². The predicted octanol–water partition coefficient (Wildman–Crippen LogP) is 1.02. The number of carbonyl (C=O) groups is 2. The van der Waals surface area contributed by atoms with E-state index in [0.717, 1.165) is 12.0 Å². The summed E-state index contributed by atoms with van der Waals surface area (Å²) in [4.78, 5) is 25.6. The van der Waals surface area contributed by atoms with Crippen LogP contribution in [0.1, 0.15) is 35.4 Å². The van der Waals surface area contributed by atoms with Crippen molar-refractivity contribution in [3.63, 3.8) is 0 Å². The van der Waals surface area contributed by atoms with Gasteiger partial charge in [-0.25, -0.2) is 4.68 Å². The first kappa shape index (κ1) is 18.7. The molecule has 0 bridgehead atoms. The number of aromatic nitrogens is 3. The van der Waals surface area contributed by atoms with Crippen LogP contribution in [-0.2, 0) is 11.3 Å². The van der Waals surface area contributed by atoms with Crippen molar-refractivity contribution >= 4 is 11.8 Å². The average molecular weight is 373 g/mol. The summed E-state index contributed by atoms with van der Waals surface area (Å²) in [5.41, 5.74) is 1.05. The number of benzene rings is 1. The van der Waals surface area contributed by atoms with E-state index in [4.69, 9.17) is 9.47 Å². The minimum absolute atomic E-state index is 0.0327. The zero-order chi connectivity index (χ0) is 19.4. The van der Waals surface area contributed by atoms with Crippen molar-refractivity contribution < 1.29 is 19.1 Å². The Morgan fingerprint density at radius 1 is 1.26 bits per heavy atom. The molecule has 2 aromatic rings. The van der Waals surface area contributed by atoms with Gasteiger partial charge in [0.15, 0.2) is 17.2 Å². The van der Waals surface area contributed by atoms with Gasteiger partial charge in [0.05, 0.1) is 25.5 Å². The molecule has 1 atom stereocenters. The molecule has 0 radical (unpaired) electrons. The summed E-state index contributed by atoms with van der Waals surface area (Å²) < 4.78 is 12.7. The second-order valence-corrected chi connectivity index (χ2v) is 6.54. The van der Waals surface area contributed by atoms with Crippen molar-refractivity contribution in [1.82, 2.24) is 25.2 Å². The summed E-state index contributed by atoms with van der Waals surface area (Å²) >= 11 is 0. The van der Waals surface area contributed by atoms with Crippen LogP contribution in [0.5, 0.6) is 11.5 Å². The van der Waals surface area contributed by atoms with Gasteiger partial charge < -0.3 is 19.7 Å². The fraction of sp³-hybridized carbons (Fsp3) is 0.444. The van der Waals surface area contributed by atoms with Crippen LogP contribution in [0, 0.1) is 0 Å². The fourth-order valence-electron chi connectivity index (χ4n) is 2.56. The van der Waals surface area contributed by atoms with Crippen molar-refractivity contribution in [1.29, 1.82) is 0 Å². The van der Waals surface area contributed by atoms with Crippen molar-refractivity contribution in [3.8, 4) is 11.5 Å². The number of amides is 2. The Morgan fingerprint density at radius 3 is 2.74 bits per heavy atom. The number of rotatable bonds is 5. The van der Waals surface area contributed by atoms with Crippen LogP contribution in [0.15, 0.2) is 24.4 Å². The van der Waals surface area contributed by atoms with E-state index < -0.39 is 0 Å². The molecule has 2 amide bonds. The molecule has 1 N–H and O–H groups in total. The van der Waals surface area contributed by atoms with Crippen molar-refractivity contribution in [3.05, 3.63) is 35.7 Å². The lowest BCUT2D eigenvalue weighted by Crippen LogP contribution is -2.27. The van der Waals surface area contributed by atoms with Crippen LogP contribution in [-0.4, -0.2) is 59.0 Å². The van der Waals surface area contributed by atoms with E-state index in [-0.39, 0.29) is 30.1 Å². The van der Waals surface area contributed by atoms with E-state index in [1.54, 1.807) is 14.1 Å². The minimum atomic E-state index is -0.363. The predicted molar refractivity (Wildman–Crippen MR) is 96.6 cm³/mol. The van der Waals surface area contributed by atoms with Crippen LogP contribution in [0.25, 0.3) is 0 Å². The molecule has 27 heavy (non-hydrogen) atoms. The fourth-order valence-corrected chi connectivity index (χ4v) is 2.56. The Balaban J connectivity index is 1.65. The largest absolute Gasteiger partial charge is 0.490 e. The maximum atomic E-state index is 12.4. The molecule has 2 heterocycles. The van der Waals surface area contributed by atoms with Crippen molar-refractivity contribution in [2.75, 3.05) is 27.3 Å². The molecule has 9 nitrogen and oxygen atoms in total. The van der Waals surface area contributed by atoms with E-state index in [2.05, 4.69) is 15.6 Å². The number of hydrogen-bond donors (Lipinski definition) is 1. The molecular weight excluding hydrogens is 350 g/mol. The average Bonchev–Trinajstić information content (AvgIpc) is 2.97. The maximum absolute atomic E-state index is 12.4. The highest BCUT2D eigenvalue weighted by molar-refractivity contribution is 5.92. The summed E-state index contributed by atoms with van der Waals surface area (Å²) in [6, 6.07) is 5.36. The van der Waals surface area contributed by atoms with Gasteiger partial charge in [-0.05, 0) is 24.6 Å². The SMILES string of the molecule is CC(NC(=O)c1cn(CC(=O)N(C)C)nn1)c1ccc2c(c1)OCCCO2. The van der Waals surface area contributed by atoms with E-state index >= 15 is 0 Å². The molecule has 0 fully saturated rings. The molecule has 1 aliphatic rings. The monoisotopic (exact) mass is 373 g/mol. The van der Waals surface area contributed by atoms with E-state index in [9.17, 15) is 9.59 Å². The first-order valence-corrected chi connectivity index (χ1v) is 8.74. The Morgan fingerprint density at radius 2 is 2.00 bits per heavy atom. The van der Waals surface area contributed by atoms with Gasteiger partial charge in [-0.15, -0.1) is 5.10 Å². The topological polar surface area (TPSA) is 98.6 Å². The third-order valence-electron chi connectivity index (χ3n) is 4.19. The quantitative estimate of drug-likeness (QED) is 0.840. The second-order valence-electron chi connectivity index (χ2n) is 6.54. The van der Waals surface area contributed by atoms with Gasteiger partial charge >= 0.3 is 0 Å². The maximum Gasteiger partial charge on any atom is 0.273 e. The first-order valence-electron chi connectivity index (χ1n) is 8.74. The number of nitrogens with zero attached hydrogens (tertiary/aromatic N) is 4. The molecule has 0 aliphatic carbocycles. The van der Waals surface area contributed by atoms with E-state index in [1.165, 1.54) is 15.8 Å². The van der Waals surface area contributed by atoms with Gasteiger partial charge in [0, 0.05) is 20.5 Å². The molecule has 1 aliphatic heterocycles. The van der Waals surface area contributed by atoms with Crippen LogP contribution in [0.2, 0.25) is 0 Å². The van der Waals surface area contributed by atoms with E-state index in [1.807, 2.05) is 25.1 Å². The lowest BCUT2D eigenvalue weighted by molar-refractivity contribution is -0.129. The highest BCUT2D eigenvalue weighted by atomic mass is 16.5. The lowest BCUT2D eigenvalue weighted by atomic mass is 10.1. The Hall–Kier alpha value is -3.10. The first-order chi connectivity index (χ1) is 12.9. The molecule has 144 valence electrons. The Kier molecular flexibility index (Phi) is 5.58. The smallest absolute Gasteiger partial charge is 0.273 e. The summed E-state index contributed by atoms with van der Waals surface area (Å²) in [6.45, 7) is 3.14. The van der Waals surface area contributed by atoms with Crippen molar-refractivity contribution in [2.24, 2.45) is 0 Å². The highest BCUT2D eigenvalue weighted by Crippen LogP contribution is 2.32. The second kappa shape index (κ2) is 8.07. The number of fused-ring (bicyclic) bond motifs is 1. The summed E-state index contributed by atoms with van der Waals surface area (Å²) in [7, 11) is 3.31. The zero-order valence-electron chi connectivity index (χ0n) is 15.6. The molecule has 0 saturated carbocycles. The summed E-state index contributed by atoms with van der Waals surface area (Å²) in [5, 5.41) is 10.6. The molecule has 1 aromatic heterocycles. The highest BCUT2D eigenvalue weighted by Gasteiger charge is 2.18. The number of ether oxygens (including phenoxy) is 2. The Labute approximate surface area is 157 Å². The zero-order valence-corrected chi connectivity index (χ0v) is 15.6. The van der Waals surface area contributed by atoms with Gasteiger partial charge in [-0.3, -0.25) is 9.59 Å². The molecule has 0 spiro atoms. The van der Waals surface area contributed by atoms with Gasteiger partial charge in [-0.2, -0.15) is 0 Å². The summed E-state index contributed by atoms with van der Waals surface area (Å²) in [5.74, 6) is 0.896. The third-order valence-corrected chi connectivity index (χ3v) is 4.19. The molecule has 1 aromatic carbocycles. The normalized spacial score (nSPS) is 14.2. The van der Waals surface area contributed by atoms with Crippen molar-refractivity contribution in [2.45, 2.75) is 25.9 Å². The van der Waals surface area contributed by atoms with Crippen LogP contribution < -0.4 is 14.8 Å². The number of carbonyl (C=O) groups excluding carboxylic acids is 2. The molecule has 3 rings (SSSR count). The van der Waals surface area contributed by atoms with Gasteiger partial charge in [0.25, 0.3) is 5.91 Å². The minimum Gasteiger partial charge on any atom is -0.490 e. The Bertz CT molecular complexity index is 833. The number of hydrogen-bond acceptors (Lipinski definition) is 6. The molecule has 0 saturated heterocycles. The van der Waals surface area contributed by atoms with Crippen LogP contribution in [0.4, 0.5) is 0 Å². The van der Waals surface area contributed by atoms with Crippen LogP contribution in [0.3, 0.4) is 0 Å². The molecule has 1 unspecified atom stereocenters. The molecular formula is C18H23N5O4. The lowest BCUT2D eigenvalue weighted by Gasteiger charge is -2.15. The standard InChI is InChI=1S/C18H23N5O4/c1-12(13-5-6-15-16(9-13)27-8-4-7-26-15)19-18(25)14-10-23(21-20-14)11-17(24)22(2)3/h5-6,9-10,12H,4,7-8,11H2,1-3H3,(H,19,25). The van der Waals surface area contributed by atoms with Gasteiger partial charge in [-0.1, -0.05) is 11.3 Å².